The Morgan fingerprint density at radius 3 is 2.48 bits per heavy atom. The number of aromatic hydroxyl groups is 1. The molecule has 2 nitrogen and oxygen atoms in total. The number of hydrogen-bond donors (Lipinski definition) is 2. The number of phenolic OH excluding ortho intramolecular Hbond substituents is 1. The van der Waals surface area contributed by atoms with Gasteiger partial charge in [0.15, 0.2) is 5.78 Å². The maximum Gasteiger partial charge on any atom is 0.194 e. The summed E-state index contributed by atoms with van der Waals surface area (Å²) in [6.45, 7) is 0. The van der Waals surface area contributed by atoms with Crippen molar-refractivity contribution in [2.75, 3.05) is 0 Å². The lowest BCUT2D eigenvalue weighted by Crippen LogP contribution is -2.14. The number of thiol groups is 1. The molecule has 0 aromatic heterocycles. The van der Waals surface area contributed by atoms with Crippen molar-refractivity contribution >= 4 is 34.8 Å². The van der Waals surface area contributed by atoms with Crippen LogP contribution in [0.1, 0.15) is 21.5 Å². The maximum atomic E-state index is 12.9. The Bertz CT molecular complexity index is 986. The van der Waals surface area contributed by atoms with Crippen LogP contribution in [0.4, 0.5) is 0 Å². The van der Waals surface area contributed by atoms with Crippen molar-refractivity contribution in [1.29, 1.82) is 0 Å². The summed E-state index contributed by atoms with van der Waals surface area (Å²) in [5.74, 6) is 0.0554. The van der Waals surface area contributed by atoms with E-state index >= 15 is 0 Å². The summed E-state index contributed by atoms with van der Waals surface area (Å²) in [6.07, 6.45) is 0.604. The molecular formula is C20H14O2S. The van der Waals surface area contributed by atoms with Gasteiger partial charge in [-0.1, -0.05) is 54.6 Å². The van der Waals surface area contributed by atoms with E-state index < -0.39 is 0 Å². The van der Waals surface area contributed by atoms with Crippen molar-refractivity contribution < 1.29 is 9.90 Å². The number of Topliss-reactive ketones (excluding diaryl/α,β-unsaturated/α-hetero) is 1. The molecule has 3 heteroatoms. The Labute approximate surface area is 139 Å². The minimum atomic E-state index is -0.0811. The van der Waals surface area contributed by atoms with Crippen LogP contribution in [0.25, 0.3) is 16.3 Å². The molecule has 3 aromatic rings. The Balaban J connectivity index is 1.94. The zero-order chi connectivity index (χ0) is 16.0. The molecule has 0 saturated carbocycles. The number of ketones is 1. The number of fused-ring (bicyclic) bond motifs is 2. The smallest absolute Gasteiger partial charge is 0.194 e. The normalized spacial score (nSPS) is 14.2. The molecule has 0 bridgehead atoms. The zero-order valence-corrected chi connectivity index (χ0v) is 13.2. The van der Waals surface area contributed by atoms with E-state index in [1.165, 1.54) is 0 Å². The SMILES string of the molecule is O=C1C(c2ccc3ccccc3c2O)=C(S)Cc2ccccc21. The van der Waals surface area contributed by atoms with E-state index in [1.54, 1.807) is 6.07 Å². The highest BCUT2D eigenvalue weighted by molar-refractivity contribution is 7.84. The van der Waals surface area contributed by atoms with Crippen LogP contribution in [0.5, 0.6) is 5.75 Å². The molecule has 4 rings (SSSR count). The van der Waals surface area contributed by atoms with Crippen LogP contribution >= 0.6 is 12.6 Å². The fraction of sp³-hybridized carbons (Fsp3) is 0.0500. The van der Waals surface area contributed by atoms with Gasteiger partial charge in [0.2, 0.25) is 0 Å². The minimum Gasteiger partial charge on any atom is -0.507 e. The average Bonchev–Trinajstić information content (AvgIpc) is 2.57. The van der Waals surface area contributed by atoms with Crippen LogP contribution in [-0.2, 0) is 6.42 Å². The molecule has 23 heavy (non-hydrogen) atoms. The van der Waals surface area contributed by atoms with Gasteiger partial charge < -0.3 is 5.11 Å². The first-order chi connectivity index (χ1) is 11.2. The summed E-state index contributed by atoms with van der Waals surface area (Å²) in [5, 5.41) is 12.3. The Kier molecular flexibility index (Phi) is 3.24. The molecule has 0 spiro atoms. The van der Waals surface area contributed by atoms with E-state index in [0.717, 1.165) is 16.3 Å². The lowest BCUT2D eigenvalue weighted by Gasteiger charge is -2.20. The molecule has 0 radical (unpaired) electrons. The Morgan fingerprint density at radius 1 is 0.870 bits per heavy atom. The summed E-state index contributed by atoms with van der Waals surface area (Å²) in [7, 11) is 0. The average molecular weight is 318 g/mol. The second-order valence-electron chi connectivity index (χ2n) is 5.67. The molecule has 1 aliphatic rings. The molecule has 112 valence electrons. The highest BCUT2D eigenvalue weighted by Gasteiger charge is 2.27. The number of allylic oxidation sites excluding steroid dienone is 2. The predicted molar refractivity (Wildman–Crippen MR) is 96.0 cm³/mol. The van der Waals surface area contributed by atoms with Crippen LogP contribution < -0.4 is 0 Å². The van der Waals surface area contributed by atoms with Crippen molar-refractivity contribution in [3.63, 3.8) is 0 Å². The van der Waals surface area contributed by atoms with E-state index in [-0.39, 0.29) is 11.5 Å². The van der Waals surface area contributed by atoms with E-state index in [0.29, 0.717) is 28.0 Å². The van der Waals surface area contributed by atoms with Gasteiger partial charge >= 0.3 is 0 Å². The lowest BCUT2D eigenvalue weighted by atomic mass is 9.85. The number of carbonyl (C=O) groups is 1. The number of rotatable bonds is 1. The fourth-order valence-electron chi connectivity index (χ4n) is 3.17. The van der Waals surface area contributed by atoms with Crippen LogP contribution in [-0.4, -0.2) is 10.9 Å². The van der Waals surface area contributed by atoms with Gasteiger partial charge in [-0.25, -0.2) is 0 Å². The minimum absolute atomic E-state index is 0.0811. The molecule has 1 aliphatic carbocycles. The molecular weight excluding hydrogens is 304 g/mol. The molecule has 0 heterocycles. The number of phenols is 1. The summed E-state index contributed by atoms with van der Waals surface area (Å²) < 4.78 is 0. The van der Waals surface area contributed by atoms with Crippen LogP contribution in [0.3, 0.4) is 0 Å². The summed E-state index contributed by atoms with van der Waals surface area (Å²) in [4.78, 5) is 13.6. The van der Waals surface area contributed by atoms with Gasteiger partial charge in [0, 0.05) is 28.5 Å². The van der Waals surface area contributed by atoms with Crippen molar-refractivity contribution in [3.05, 3.63) is 82.3 Å². The quantitative estimate of drug-likeness (QED) is 0.642. The van der Waals surface area contributed by atoms with Crippen molar-refractivity contribution in [2.45, 2.75) is 6.42 Å². The van der Waals surface area contributed by atoms with Crippen molar-refractivity contribution in [1.82, 2.24) is 0 Å². The van der Waals surface area contributed by atoms with Crippen LogP contribution in [0.2, 0.25) is 0 Å². The van der Waals surface area contributed by atoms with Gasteiger partial charge in [-0.3, -0.25) is 4.79 Å². The van der Waals surface area contributed by atoms with Crippen molar-refractivity contribution in [3.8, 4) is 5.75 Å². The monoisotopic (exact) mass is 318 g/mol. The second kappa shape index (κ2) is 5.28. The van der Waals surface area contributed by atoms with Gasteiger partial charge in [-0.2, -0.15) is 0 Å². The Morgan fingerprint density at radius 2 is 1.61 bits per heavy atom. The highest BCUT2D eigenvalue weighted by Crippen LogP contribution is 2.40. The van der Waals surface area contributed by atoms with Crippen molar-refractivity contribution in [2.24, 2.45) is 0 Å². The molecule has 1 N–H and O–H groups in total. The summed E-state index contributed by atoms with van der Waals surface area (Å²) >= 11 is 4.54. The summed E-state index contributed by atoms with van der Waals surface area (Å²) in [6, 6.07) is 18.9. The van der Waals surface area contributed by atoms with Crippen LogP contribution in [0.15, 0.2) is 65.6 Å². The first-order valence-corrected chi connectivity index (χ1v) is 7.87. The molecule has 0 fully saturated rings. The largest absolute Gasteiger partial charge is 0.507 e. The lowest BCUT2D eigenvalue weighted by molar-refractivity contribution is 0.105. The number of carbonyl (C=O) groups excluding carboxylic acids is 1. The third-order valence-electron chi connectivity index (χ3n) is 4.31. The highest BCUT2D eigenvalue weighted by atomic mass is 32.1. The molecule has 0 aliphatic heterocycles. The Hall–Kier alpha value is -2.52. The first kappa shape index (κ1) is 14.1. The van der Waals surface area contributed by atoms with Gasteiger partial charge in [0.1, 0.15) is 5.75 Å². The molecule has 0 atom stereocenters. The van der Waals surface area contributed by atoms with Gasteiger partial charge in [0.25, 0.3) is 0 Å². The molecule has 0 saturated heterocycles. The molecule has 3 aromatic carbocycles. The molecule has 0 unspecified atom stereocenters. The van der Waals surface area contributed by atoms with Gasteiger partial charge in [0.05, 0.1) is 0 Å². The third kappa shape index (κ3) is 2.16. The van der Waals surface area contributed by atoms with Gasteiger partial charge in [-0.15, -0.1) is 12.6 Å². The fourth-order valence-corrected chi connectivity index (χ4v) is 3.56. The molecule has 0 amide bonds. The van der Waals surface area contributed by atoms with E-state index in [4.69, 9.17) is 0 Å². The summed E-state index contributed by atoms with van der Waals surface area (Å²) in [5.41, 5.74) is 2.71. The number of benzene rings is 3. The predicted octanol–water partition coefficient (Wildman–Crippen LogP) is 4.63. The standard InChI is InChI=1S/C20H14O2S/c21-19-14-7-3-1-5-12(14)9-10-16(19)18-17(23)11-13-6-2-4-8-15(13)20(18)22/h1-10,21,23H,11H2. The van der Waals surface area contributed by atoms with Crippen LogP contribution in [0, 0.1) is 0 Å². The topological polar surface area (TPSA) is 37.3 Å². The van der Waals surface area contributed by atoms with E-state index in [1.807, 2.05) is 54.6 Å². The number of hydrogen-bond acceptors (Lipinski definition) is 3. The second-order valence-corrected chi connectivity index (χ2v) is 6.21. The maximum absolute atomic E-state index is 12.9. The van der Waals surface area contributed by atoms with E-state index in [9.17, 15) is 9.90 Å². The van der Waals surface area contributed by atoms with E-state index in [2.05, 4.69) is 12.6 Å². The zero-order valence-electron chi connectivity index (χ0n) is 12.3. The third-order valence-corrected chi connectivity index (χ3v) is 4.69. The van der Waals surface area contributed by atoms with Gasteiger partial charge in [-0.05, 0) is 21.9 Å². The first-order valence-electron chi connectivity index (χ1n) is 7.42.